The Bertz CT molecular complexity index is 1320. The molecule has 0 aliphatic rings. The molecule has 30 heavy (non-hydrogen) atoms. The van der Waals surface area contributed by atoms with E-state index in [-0.39, 0.29) is 24.1 Å². The van der Waals surface area contributed by atoms with Crippen molar-refractivity contribution in [1.82, 2.24) is 28.7 Å². The van der Waals surface area contributed by atoms with Gasteiger partial charge in [0.05, 0.1) is 17.6 Å². The van der Waals surface area contributed by atoms with Crippen LogP contribution in [0.4, 0.5) is 5.82 Å². The molecule has 0 aliphatic carbocycles. The summed E-state index contributed by atoms with van der Waals surface area (Å²) >= 11 is 0. The van der Waals surface area contributed by atoms with E-state index in [1.807, 2.05) is 26.0 Å². The summed E-state index contributed by atoms with van der Waals surface area (Å²) in [7, 11) is 0. The van der Waals surface area contributed by atoms with Gasteiger partial charge in [-0.3, -0.25) is 9.13 Å². The Balaban J connectivity index is 1.93. The number of aromatic nitrogens is 6. The molecule has 0 amide bonds. The fourth-order valence-electron chi connectivity index (χ4n) is 3.83. The molecule has 0 aromatic carbocycles. The Morgan fingerprint density at radius 2 is 1.90 bits per heavy atom. The first-order valence-corrected chi connectivity index (χ1v) is 10.2. The highest BCUT2D eigenvalue weighted by atomic mass is 16.1. The number of pyridine rings is 2. The standard InChI is InChI=1S/C22H25N7O/c1-14(2)9-12-27-18(26-16-7-6-10-25-21(16)27)13-28-19-17(8-11-24-20(19)23-5)29(15(3)4)22(28)30/h6-8,10-11,14-15H,9,12-13H2,1-4H3. The van der Waals surface area contributed by atoms with Crippen LogP contribution in [-0.2, 0) is 13.1 Å². The summed E-state index contributed by atoms with van der Waals surface area (Å²) in [6.45, 7) is 16.9. The number of hydrogen-bond donors (Lipinski definition) is 0. The molecule has 0 spiro atoms. The van der Waals surface area contributed by atoms with E-state index in [1.165, 1.54) is 0 Å². The zero-order valence-corrected chi connectivity index (χ0v) is 17.7. The second kappa shape index (κ2) is 7.75. The summed E-state index contributed by atoms with van der Waals surface area (Å²) in [6.07, 6.45) is 4.32. The molecule has 0 radical (unpaired) electrons. The molecule has 154 valence electrons. The SMILES string of the molecule is [C-]#[N+]c1nccc2c1n(Cc1nc3cccnc3n1CCC(C)C)c(=O)n2C(C)C. The highest BCUT2D eigenvalue weighted by Gasteiger charge is 2.21. The molecule has 4 aromatic rings. The van der Waals surface area contributed by atoms with Gasteiger partial charge < -0.3 is 9.41 Å². The van der Waals surface area contributed by atoms with Crippen LogP contribution in [-0.4, -0.2) is 28.7 Å². The lowest BCUT2D eigenvalue weighted by molar-refractivity contribution is 0.503. The summed E-state index contributed by atoms with van der Waals surface area (Å²) in [4.78, 5) is 30.4. The van der Waals surface area contributed by atoms with Gasteiger partial charge in [0.2, 0.25) is 0 Å². The summed E-state index contributed by atoms with van der Waals surface area (Å²) in [5.74, 6) is 1.52. The molecule has 0 unspecified atom stereocenters. The predicted octanol–water partition coefficient (Wildman–Crippen LogP) is 4.17. The Kier molecular flexibility index (Phi) is 5.12. The van der Waals surface area contributed by atoms with E-state index in [2.05, 4.69) is 33.2 Å². The van der Waals surface area contributed by atoms with Gasteiger partial charge in [0.15, 0.2) is 5.65 Å². The third kappa shape index (κ3) is 3.26. The highest BCUT2D eigenvalue weighted by Crippen LogP contribution is 2.26. The van der Waals surface area contributed by atoms with E-state index in [4.69, 9.17) is 11.6 Å². The maximum atomic E-state index is 13.3. The van der Waals surface area contributed by atoms with Gasteiger partial charge in [0.1, 0.15) is 17.5 Å². The molecule has 0 aliphatic heterocycles. The van der Waals surface area contributed by atoms with E-state index >= 15 is 0 Å². The monoisotopic (exact) mass is 403 g/mol. The van der Waals surface area contributed by atoms with E-state index < -0.39 is 0 Å². The zero-order valence-electron chi connectivity index (χ0n) is 17.7. The van der Waals surface area contributed by atoms with Gasteiger partial charge in [-0.05, 0) is 38.3 Å². The van der Waals surface area contributed by atoms with Gasteiger partial charge in [0, 0.05) is 24.8 Å². The van der Waals surface area contributed by atoms with E-state index in [0.29, 0.717) is 11.4 Å². The van der Waals surface area contributed by atoms with Crippen LogP contribution in [0.1, 0.15) is 46.0 Å². The predicted molar refractivity (Wildman–Crippen MR) is 117 cm³/mol. The van der Waals surface area contributed by atoms with Crippen molar-refractivity contribution in [2.45, 2.75) is 53.2 Å². The maximum Gasteiger partial charge on any atom is 0.328 e. The molecular weight excluding hydrogens is 378 g/mol. The average molecular weight is 403 g/mol. The lowest BCUT2D eigenvalue weighted by Gasteiger charge is -2.11. The first-order valence-electron chi connectivity index (χ1n) is 10.2. The largest absolute Gasteiger partial charge is 0.359 e. The molecule has 0 N–H and O–H groups in total. The first kappa shape index (κ1) is 19.8. The molecule has 0 saturated heterocycles. The van der Waals surface area contributed by atoms with Crippen LogP contribution in [0, 0.1) is 12.5 Å². The molecule has 8 heteroatoms. The topological polar surface area (TPSA) is 74.9 Å². The fraction of sp³-hybridized carbons (Fsp3) is 0.409. The number of rotatable bonds is 6. The molecule has 0 saturated carbocycles. The Labute approximate surface area is 174 Å². The number of nitrogens with zero attached hydrogens (tertiary/aromatic N) is 7. The molecule has 4 rings (SSSR count). The van der Waals surface area contributed by atoms with Gasteiger partial charge in [-0.15, -0.1) is 4.98 Å². The fourth-order valence-corrected chi connectivity index (χ4v) is 3.83. The molecule has 0 fully saturated rings. The van der Waals surface area contributed by atoms with E-state index in [1.54, 1.807) is 27.6 Å². The third-order valence-electron chi connectivity index (χ3n) is 5.28. The van der Waals surface area contributed by atoms with Crippen molar-refractivity contribution < 1.29 is 0 Å². The van der Waals surface area contributed by atoms with Crippen molar-refractivity contribution in [1.29, 1.82) is 0 Å². The summed E-state index contributed by atoms with van der Waals surface area (Å²) in [5, 5.41) is 0. The zero-order chi connectivity index (χ0) is 21.4. The van der Waals surface area contributed by atoms with Crippen LogP contribution in [0.5, 0.6) is 0 Å². The minimum Gasteiger partial charge on any atom is -0.359 e. The van der Waals surface area contributed by atoms with Crippen LogP contribution >= 0.6 is 0 Å². The van der Waals surface area contributed by atoms with Gasteiger partial charge in [0.25, 0.3) is 5.82 Å². The Morgan fingerprint density at radius 3 is 2.60 bits per heavy atom. The minimum atomic E-state index is -0.159. The normalized spacial score (nSPS) is 11.8. The van der Waals surface area contributed by atoms with Crippen molar-refractivity contribution in [3.63, 3.8) is 0 Å². The molecule has 4 aromatic heterocycles. The highest BCUT2D eigenvalue weighted by molar-refractivity contribution is 5.87. The lowest BCUT2D eigenvalue weighted by Crippen LogP contribution is -2.27. The van der Waals surface area contributed by atoms with E-state index in [9.17, 15) is 4.79 Å². The van der Waals surface area contributed by atoms with Gasteiger partial charge >= 0.3 is 5.69 Å². The van der Waals surface area contributed by atoms with Crippen LogP contribution in [0.25, 0.3) is 27.0 Å². The average Bonchev–Trinajstić information content (AvgIpc) is 3.21. The molecule has 8 nitrogen and oxygen atoms in total. The van der Waals surface area contributed by atoms with Gasteiger partial charge in [-0.25, -0.2) is 14.8 Å². The number of imidazole rings is 2. The maximum absolute atomic E-state index is 13.3. The number of hydrogen-bond acceptors (Lipinski definition) is 4. The third-order valence-corrected chi connectivity index (χ3v) is 5.28. The quantitative estimate of drug-likeness (QED) is 0.453. The van der Waals surface area contributed by atoms with Crippen LogP contribution in [0.3, 0.4) is 0 Å². The Hall–Kier alpha value is -3.47. The smallest absolute Gasteiger partial charge is 0.328 e. The van der Waals surface area contributed by atoms with Crippen molar-refractivity contribution >= 4 is 28.0 Å². The van der Waals surface area contributed by atoms with E-state index in [0.717, 1.165) is 35.5 Å². The first-order chi connectivity index (χ1) is 14.4. The molecule has 0 atom stereocenters. The van der Waals surface area contributed by atoms with Crippen molar-refractivity contribution in [2.24, 2.45) is 5.92 Å². The second-order valence-corrected chi connectivity index (χ2v) is 8.15. The number of fused-ring (bicyclic) bond motifs is 2. The molecule has 4 heterocycles. The lowest BCUT2D eigenvalue weighted by atomic mass is 10.1. The van der Waals surface area contributed by atoms with Crippen LogP contribution in [0.15, 0.2) is 35.4 Å². The number of aryl methyl sites for hydroxylation is 1. The minimum absolute atomic E-state index is 0.0383. The van der Waals surface area contributed by atoms with Crippen LogP contribution in [0.2, 0.25) is 0 Å². The van der Waals surface area contributed by atoms with Gasteiger partial charge in [-0.1, -0.05) is 20.4 Å². The summed E-state index contributed by atoms with van der Waals surface area (Å²) in [6, 6.07) is 5.56. The molecule has 0 bridgehead atoms. The summed E-state index contributed by atoms with van der Waals surface area (Å²) in [5.41, 5.74) is 2.74. The summed E-state index contributed by atoms with van der Waals surface area (Å²) < 4.78 is 5.43. The van der Waals surface area contributed by atoms with Gasteiger partial charge in [-0.2, -0.15) is 0 Å². The molecular formula is C22H25N7O. The Morgan fingerprint density at radius 1 is 1.10 bits per heavy atom. The van der Waals surface area contributed by atoms with Crippen molar-refractivity contribution in [2.75, 3.05) is 0 Å². The van der Waals surface area contributed by atoms with Crippen molar-refractivity contribution in [3.05, 3.63) is 58.3 Å². The van der Waals surface area contributed by atoms with Crippen molar-refractivity contribution in [3.8, 4) is 0 Å². The second-order valence-electron chi connectivity index (χ2n) is 8.15. The van der Waals surface area contributed by atoms with Crippen LogP contribution < -0.4 is 5.69 Å².